The molecule has 1 rings (SSSR count). The first-order chi connectivity index (χ1) is 6.56. The van der Waals surface area contributed by atoms with Crippen LogP contribution in [0, 0.1) is 17.5 Å². The second kappa shape index (κ2) is 3.95. The van der Waals surface area contributed by atoms with E-state index in [9.17, 15) is 18.0 Å². The zero-order chi connectivity index (χ0) is 10.7. The van der Waals surface area contributed by atoms with Gasteiger partial charge in [0.15, 0.2) is 17.5 Å². The van der Waals surface area contributed by atoms with E-state index in [0.717, 1.165) is 18.2 Å². The highest BCUT2D eigenvalue weighted by molar-refractivity contribution is 5.98. The highest BCUT2D eigenvalue weighted by Gasteiger charge is 2.13. The molecular weight excluding hydrogens is 195 g/mol. The van der Waals surface area contributed by atoms with Gasteiger partial charge >= 0.3 is 0 Å². The number of carbonyl (C=O) groups excluding carboxylic acids is 1. The number of anilines is 1. The van der Waals surface area contributed by atoms with E-state index in [-0.39, 0.29) is 0 Å². The molecule has 0 radical (unpaired) electrons. The number of amides is 1. The van der Waals surface area contributed by atoms with Crippen LogP contribution in [-0.2, 0) is 4.79 Å². The van der Waals surface area contributed by atoms with E-state index in [4.69, 9.17) is 0 Å². The molecule has 1 N–H and O–H groups in total. The highest BCUT2D eigenvalue weighted by atomic mass is 19.2. The lowest BCUT2D eigenvalue weighted by molar-refractivity contribution is -0.111. The Morgan fingerprint density at radius 1 is 1.29 bits per heavy atom. The maximum atomic E-state index is 12.9. The van der Waals surface area contributed by atoms with Gasteiger partial charge in [-0.05, 0) is 18.2 Å². The summed E-state index contributed by atoms with van der Waals surface area (Å²) in [5, 5.41) is 1.99. The molecule has 0 aliphatic carbocycles. The smallest absolute Gasteiger partial charge is 0.247 e. The Kier molecular flexibility index (Phi) is 2.91. The van der Waals surface area contributed by atoms with Crippen molar-refractivity contribution < 1.29 is 18.0 Å². The molecule has 14 heavy (non-hydrogen) atoms. The molecule has 1 aromatic rings. The van der Waals surface area contributed by atoms with E-state index in [1.165, 1.54) is 0 Å². The number of benzene rings is 1. The Bertz CT molecular complexity index is 390. The lowest BCUT2D eigenvalue weighted by Crippen LogP contribution is -2.10. The van der Waals surface area contributed by atoms with Gasteiger partial charge in [0.2, 0.25) is 5.91 Å². The van der Waals surface area contributed by atoms with Gasteiger partial charge in [-0.2, -0.15) is 0 Å². The van der Waals surface area contributed by atoms with Crippen LogP contribution in [0.1, 0.15) is 0 Å². The topological polar surface area (TPSA) is 29.1 Å². The Labute approximate surface area is 78.0 Å². The first kappa shape index (κ1) is 10.3. The fourth-order valence-electron chi connectivity index (χ4n) is 0.806. The SMILES string of the molecule is C=CC(=O)Nc1ccc(F)c(F)c1F. The van der Waals surface area contributed by atoms with Gasteiger partial charge in [-0.1, -0.05) is 6.58 Å². The van der Waals surface area contributed by atoms with E-state index >= 15 is 0 Å². The largest absolute Gasteiger partial charge is 0.320 e. The van der Waals surface area contributed by atoms with Gasteiger partial charge in [-0.25, -0.2) is 13.2 Å². The second-order valence-corrected chi connectivity index (χ2v) is 2.42. The average molecular weight is 201 g/mol. The zero-order valence-corrected chi connectivity index (χ0v) is 6.98. The van der Waals surface area contributed by atoms with Crippen molar-refractivity contribution in [1.82, 2.24) is 0 Å². The molecule has 0 bridgehead atoms. The summed E-state index contributed by atoms with van der Waals surface area (Å²) in [5.41, 5.74) is -0.422. The molecular formula is C9H6F3NO. The van der Waals surface area contributed by atoms with Crippen molar-refractivity contribution >= 4 is 11.6 Å². The Balaban J connectivity index is 3.05. The van der Waals surface area contributed by atoms with Crippen LogP contribution in [0.4, 0.5) is 18.9 Å². The minimum atomic E-state index is -1.62. The summed E-state index contributed by atoms with van der Waals surface area (Å²) in [5.74, 6) is -5.05. The number of hydrogen-bond acceptors (Lipinski definition) is 1. The Morgan fingerprint density at radius 3 is 2.50 bits per heavy atom. The van der Waals surface area contributed by atoms with Gasteiger partial charge in [0, 0.05) is 0 Å². The van der Waals surface area contributed by atoms with Crippen molar-refractivity contribution in [3.8, 4) is 0 Å². The molecule has 0 saturated carbocycles. The molecule has 0 atom stereocenters. The third-order valence-corrected chi connectivity index (χ3v) is 1.48. The molecule has 5 heteroatoms. The van der Waals surface area contributed by atoms with Crippen LogP contribution < -0.4 is 5.32 Å². The predicted molar refractivity (Wildman–Crippen MR) is 45.1 cm³/mol. The summed E-state index contributed by atoms with van der Waals surface area (Å²) in [4.78, 5) is 10.7. The molecule has 0 saturated heterocycles. The van der Waals surface area contributed by atoms with Crippen molar-refractivity contribution in [3.63, 3.8) is 0 Å². The summed E-state index contributed by atoms with van der Waals surface area (Å²) in [7, 11) is 0. The Hall–Kier alpha value is -1.78. The van der Waals surface area contributed by atoms with Crippen LogP contribution in [0.2, 0.25) is 0 Å². The van der Waals surface area contributed by atoms with Crippen molar-refractivity contribution in [3.05, 3.63) is 42.2 Å². The normalized spacial score (nSPS) is 9.64. The summed E-state index contributed by atoms with van der Waals surface area (Å²) in [6.07, 6.45) is 0.890. The van der Waals surface area contributed by atoms with Crippen LogP contribution in [0.3, 0.4) is 0 Å². The lowest BCUT2D eigenvalue weighted by Gasteiger charge is -2.04. The zero-order valence-electron chi connectivity index (χ0n) is 6.98. The van der Waals surface area contributed by atoms with Crippen molar-refractivity contribution in [2.45, 2.75) is 0 Å². The monoisotopic (exact) mass is 201 g/mol. The van der Waals surface area contributed by atoms with Crippen LogP contribution in [0.15, 0.2) is 24.8 Å². The molecule has 0 spiro atoms. The summed E-state index contributed by atoms with van der Waals surface area (Å²) in [6, 6.07) is 1.65. The number of rotatable bonds is 2. The number of carbonyl (C=O) groups is 1. The van der Waals surface area contributed by atoms with Gasteiger partial charge in [0.25, 0.3) is 0 Å². The van der Waals surface area contributed by atoms with E-state index in [1.807, 2.05) is 5.32 Å². The highest BCUT2D eigenvalue weighted by Crippen LogP contribution is 2.19. The van der Waals surface area contributed by atoms with Crippen LogP contribution in [0.5, 0.6) is 0 Å². The van der Waals surface area contributed by atoms with E-state index in [0.29, 0.717) is 0 Å². The predicted octanol–water partition coefficient (Wildman–Crippen LogP) is 2.23. The van der Waals surface area contributed by atoms with E-state index < -0.39 is 29.0 Å². The minimum absolute atomic E-state index is 0.422. The average Bonchev–Trinajstić information content (AvgIpc) is 2.19. The molecule has 0 aliphatic rings. The molecule has 0 fully saturated rings. The summed E-state index contributed by atoms with van der Waals surface area (Å²) in [6.45, 7) is 3.12. The van der Waals surface area contributed by atoms with E-state index in [1.54, 1.807) is 0 Å². The third-order valence-electron chi connectivity index (χ3n) is 1.48. The fraction of sp³-hybridized carbons (Fsp3) is 0. The van der Waals surface area contributed by atoms with Gasteiger partial charge in [-0.15, -0.1) is 0 Å². The molecule has 1 aromatic carbocycles. The number of halogens is 3. The summed E-state index contributed by atoms with van der Waals surface area (Å²) < 4.78 is 37.9. The van der Waals surface area contributed by atoms with Crippen molar-refractivity contribution in [2.24, 2.45) is 0 Å². The first-order valence-corrected chi connectivity index (χ1v) is 3.63. The molecule has 0 unspecified atom stereocenters. The Morgan fingerprint density at radius 2 is 1.93 bits per heavy atom. The van der Waals surface area contributed by atoms with Crippen LogP contribution in [-0.4, -0.2) is 5.91 Å². The van der Waals surface area contributed by atoms with E-state index in [2.05, 4.69) is 6.58 Å². The lowest BCUT2D eigenvalue weighted by atomic mass is 10.3. The second-order valence-electron chi connectivity index (χ2n) is 2.42. The number of nitrogens with one attached hydrogen (secondary N) is 1. The van der Waals surface area contributed by atoms with Crippen molar-refractivity contribution in [1.29, 1.82) is 0 Å². The molecule has 0 heterocycles. The van der Waals surface area contributed by atoms with Gasteiger partial charge in [0.05, 0.1) is 5.69 Å². The molecule has 1 amide bonds. The molecule has 0 aliphatic heterocycles. The third kappa shape index (κ3) is 1.93. The molecule has 74 valence electrons. The maximum absolute atomic E-state index is 12.9. The maximum Gasteiger partial charge on any atom is 0.247 e. The first-order valence-electron chi connectivity index (χ1n) is 3.63. The standard InChI is InChI=1S/C9H6F3NO/c1-2-7(14)13-6-4-3-5(10)8(11)9(6)12/h2-4H,1H2,(H,13,14). The molecule has 2 nitrogen and oxygen atoms in total. The van der Waals surface area contributed by atoms with Gasteiger partial charge in [0.1, 0.15) is 0 Å². The number of hydrogen-bond donors (Lipinski definition) is 1. The van der Waals surface area contributed by atoms with Gasteiger partial charge in [-0.3, -0.25) is 4.79 Å². The quantitative estimate of drug-likeness (QED) is 0.577. The van der Waals surface area contributed by atoms with Crippen LogP contribution >= 0.6 is 0 Å². The summed E-state index contributed by atoms with van der Waals surface area (Å²) >= 11 is 0. The van der Waals surface area contributed by atoms with Crippen LogP contribution in [0.25, 0.3) is 0 Å². The molecule has 0 aromatic heterocycles. The fourth-order valence-corrected chi connectivity index (χ4v) is 0.806. The minimum Gasteiger partial charge on any atom is -0.320 e. The van der Waals surface area contributed by atoms with Gasteiger partial charge < -0.3 is 5.32 Å². The van der Waals surface area contributed by atoms with Crippen molar-refractivity contribution in [2.75, 3.05) is 5.32 Å².